The highest BCUT2D eigenvalue weighted by Gasteiger charge is 2.19. The molecule has 0 aromatic carbocycles. The first-order chi connectivity index (χ1) is 9.03. The van der Waals surface area contributed by atoms with Crippen LogP contribution in [0.2, 0.25) is 0 Å². The largest absolute Gasteiger partial charge is 0.476 e. The molecule has 1 amide bonds. The van der Waals surface area contributed by atoms with Crippen molar-refractivity contribution in [2.24, 2.45) is 5.73 Å². The number of hydrogen-bond donors (Lipinski definition) is 3. The van der Waals surface area contributed by atoms with Crippen LogP contribution in [0.4, 0.5) is 0 Å². The first kappa shape index (κ1) is 15.1. The van der Waals surface area contributed by atoms with Crippen LogP contribution in [0.15, 0.2) is 0 Å². The van der Waals surface area contributed by atoms with Crippen molar-refractivity contribution in [3.63, 3.8) is 0 Å². The number of carbonyl (C=O) groups excluding carboxylic acids is 1. The zero-order valence-corrected chi connectivity index (χ0v) is 11.1. The molecular formula is C11H19N5O3. The van der Waals surface area contributed by atoms with Gasteiger partial charge in [0.15, 0.2) is 5.69 Å². The normalized spacial score (nSPS) is 10.7. The van der Waals surface area contributed by atoms with Crippen molar-refractivity contribution in [3.8, 4) is 0 Å². The summed E-state index contributed by atoms with van der Waals surface area (Å²) < 4.78 is 1.22. The second-order valence-electron chi connectivity index (χ2n) is 4.13. The summed E-state index contributed by atoms with van der Waals surface area (Å²) in [5, 5.41) is 18.9. The van der Waals surface area contributed by atoms with E-state index < -0.39 is 5.97 Å². The Kier molecular flexibility index (Phi) is 5.43. The molecule has 0 aliphatic rings. The molecule has 0 radical (unpaired) electrons. The van der Waals surface area contributed by atoms with E-state index in [0.29, 0.717) is 0 Å². The maximum Gasteiger partial charge on any atom is 0.358 e. The van der Waals surface area contributed by atoms with E-state index in [1.165, 1.54) is 4.68 Å². The summed E-state index contributed by atoms with van der Waals surface area (Å²) in [7, 11) is 0. The molecule has 106 valence electrons. The van der Waals surface area contributed by atoms with Gasteiger partial charge in [-0.1, -0.05) is 19.1 Å². The fourth-order valence-electron chi connectivity index (χ4n) is 1.73. The van der Waals surface area contributed by atoms with Gasteiger partial charge < -0.3 is 16.2 Å². The van der Waals surface area contributed by atoms with Crippen molar-refractivity contribution in [1.82, 2.24) is 20.3 Å². The Balaban J connectivity index is 2.77. The minimum atomic E-state index is -1.20. The zero-order chi connectivity index (χ0) is 14.4. The van der Waals surface area contributed by atoms with E-state index >= 15 is 0 Å². The second kappa shape index (κ2) is 6.83. The van der Waals surface area contributed by atoms with Gasteiger partial charge in [0.25, 0.3) is 0 Å². The summed E-state index contributed by atoms with van der Waals surface area (Å²) in [5.74, 6) is -1.43. The van der Waals surface area contributed by atoms with Gasteiger partial charge in [0.1, 0.15) is 6.54 Å². The lowest BCUT2D eigenvalue weighted by atomic mass is 10.2. The van der Waals surface area contributed by atoms with Crippen LogP contribution < -0.4 is 11.1 Å². The second-order valence-corrected chi connectivity index (χ2v) is 4.13. The third-order valence-corrected chi connectivity index (χ3v) is 2.88. The van der Waals surface area contributed by atoms with Gasteiger partial charge in [-0.3, -0.25) is 4.79 Å². The van der Waals surface area contributed by atoms with Crippen LogP contribution in [0.25, 0.3) is 0 Å². The lowest BCUT2D eigenvalue weighted by Crippen LogP contribution is -2.36. The van der Waals surface area contributed by atoms with Crippen LogP contribution in [0, 0.1) is 0 Å². The van der Waals surface area contributed by atoms with Crippen LogP contribution in [0.1, 0.15) is 42.9 Å². The van der Waals surface area contributed by atoms with E-state index in [9.17, 15) is 9.59 Å². The summed E-state index contributed by atoms with van der Waals surface area (Å²) in [6.45, 7) is 3.85. The van der Waals surface area contributed by atoms with Crippen molar-refractivity contribution < 1.29 is 14.7 Å². The summed E-state index contributed by atoms with van der Waals surface area (Å²) in [5.41, 5.74) is 5.50. The Hall–Kier alpha value is -1.96. The molecule has 4 N–H and O–H groups in total. The minimum absolute atomic E-state index is 0.0348. The van der Waals surface area contributed by atoms with Crippen molar-refractivity contribution in [2.45, 2.75) is 45.8 Å². The standard InChI is InChI=1S/C11H19N5O3/c1-3-7(4-2)13-9(17)6-16-8(5-12)10(11(18)19)14-15-16/h7H,3-6,12H2,1-2H3,(H,13,17)(H,18,19). The maximum absolute atomic E-state index is 11.8. The lowest BCUT2D eigenvalue weighted by Gasteiger charge is -2.14. The topological polar surface area (TPSA) is 123 Å². The third kappa shape index (κ3) is 3.75. The van der Waals surface area contributed by atoms with Gasteiger partial charge in [-0.2, -0.15) is 0 Å². The van der Waals surface area contributed by atoms with Gasteiger partial charge in [-0.25, -0.2) is 9.48 Å². The number of carboxylic acid groups (broad SMARTS) is 1. The van der Waals surface area contributed by atoms with E-state index in [1.54, 1.807) is 0 Å². The molecule has 8 heteroatoms. The molecule has 0 saturated carbocycles. The molecule has 1 aromatic rings. The molecule has 0 aliphatic heterocycles. The van der Waals surface area contributed by atoms with Crippen LogP contribution >= 0.6 is 0 Å². The number of aromatic nitrogens is 3. The molecule has 1 aromatic heterocycles. The minimum Gasteiger partial charge on any atom is -0.476 e. The Labute approximate surface area is 111 Å². The smallest absolute Gasteiger partial charge is 0.358 e. The number of carbonyl (C=O) groups is 2. The number of nitrogens with one attached hydrogen (secondary N) is 1. The first-order valence-corrected chi connectivity index (χ1v) is 6.18. The molecule has 19 heavy (non-hydrogen) atoms. The van der Waals surface area contributed by atoms with Gasteiger partial charge >= 0.3 is 5.97 Å². The fraction of sp³-hybridized carbons (Fsp3) is 0.636. The molecule has 0 atom stereocenters. The van der Waals surface area contributed by atoms with Crippen LogP contribution in [-0.2, 0) is 17.9 Å². The molecule has 1 heterocycles. The molecule has 8 nitrogen and oxygen atoms in total. The Morgan fingerprint density at radius 1 is 1.42 bits per heavy atom. The van der Waals surface area contributed by atoms with Crippen LogP contribution in [0.3, 0.4) is 0 Å². The number of carboxylic acids is 1. The van der Waals surface area contributed by atoms with Gasteiger partial charge in [0.05, 0.1) is 5.69 Å². The summed E-state index contributed by atoms with van der Waals surface area (Å²) in [6.07, 6.45) is 1.67. The van der Waals surface area contributed by atoms with Crippen molar-refractivity contribution in [2.75, 3.05) is 0 Å². The summed E-state index contributed by atoms with van der Waals surface area (Å²) >= 11 is 0. The van der Waals surface area contributed by atoms with Gasteiger partial charge in [-0.15, -0.1) is 5.10 Å². The molecule has 0 spiro atoms. The predicted molar refractivity (Wildman–Crippen MR) is 67.4 cm³/mol. The SMILES string of the molecule is CCC(CC)NC(=O)Cn1nnc(C(=O)O)c1CN. The number of rotatable bonds is 7. The lowest BCUT2D eigenvalue weighted by molar-refractivity contribution is -0.122. The van der Waals surface area contributed by atoms with E-state index in [4.69, 9.17) is 10.8 Å². The van der Waals surface area contributed by atoms with Crippen LogP contribution in [-0.4, -0.2) is 38.0 Å². The number of aromatic carboxylic acids is 1. The highest BCUT2D eigenvalue weighted by molar-refractivity contribution is 5.86. The Morgan fingerprint density at radius 3 is 2.53 bits per heavy atom. The number of nitrogens with two attached hydrogens (primary N) is 1. The highest BCUT2D eigenvalue weighted by Crippen LogP contribution is 2.05. The van der Waals surface area contributed by atoms with E-state index in [0.717, 1.165) is 12.8 Å². The average molecular weight is 269 g/mol. The molecule has 0 saturated heterocycles. The molecule has 0 bridgehead atoms. The number of hydrogen-bond acceptors (Lipinski definition) is 5. The van der Waals surface area contributed by atoms with Crippen molar-refractivity contribution in [1.29, 1.82) is 0 Å². The molecular weight excluding hydrogens is 250 g/mol. The third-order valence-electron chi connectivity index (χ3n) is 2.88. The maximum atomic E-state index is 11.8. The zero-order valence-electron chi connectivity index (χ0n) is 11.1. The predicted octanol–water partition coefficient (Wildman–Crippen LogP) is -0.260. The molecule has 0 aliphatic carbocycles. The number of nitrogens with zero attached hydrogens (tertiary/aromatic N) is 3. The van der Waals surface area contributed by atoms with Crippen molar-refractivity contribution in [3.05, 3.63) is 11.4 Å². The Bertz CT molecular complexity index is 453. The first-order valence-electron chi connectivity index (χ1n) is 6.18. The number of amides is 1. The summed E-state index contributed by atoms with van der Waals surface area (Å²) in [4.78, 5) is 22.7. The van der Waals surface area contributed by atoms with E-state index in [-0.39, 0.29) is 36.4 Å². The molecule has 1 rings (SSSR count). The van der Waals surface area contributed by atoms with Gasteiger partial charge in [0.2, 0.25) is 5.91 Å². The Morgan fingerprint density at radius 2 is 2.05 bits per heavy atom. The van der Waals surface area contributed by atoms with E-state index in [1.807, 2.05) is 13.8 Å². The van der Waals surface area contributed by atoms with Crippen LogP contribution in [0.5, 0.6) is 0 Å². The fourth-order valence-corrected chi connectivity index (χ4v) is 1.73. The van der Waals surface area contributed by atoms with Gasteiger partial charge in [-0.05, 0) is 12.8 Å². The summed E-state index contributed by atoms with van der Waals surface area (Å²) in [6, 6.07) is 0.108. The van der Waals surface area contributed by atoms with E-state index in [2.05, 4.69) is 15.6 Å². The molecule has 0 fully saturated rings. The molecule has 0 unspecified atom stereocenters. The monoisotopic (exact) mass is 269 g/mol. The van der Waals surface area contributed by atoms with Crippen molar-refractivity contribution >= 4 is 11.9 Å². The quantitative estimate of drug-likeness (QED) is 0.626. The van der Waals surface area contributed by atoms with Gasteiger partial charge in [0, 0.05) is 12.6 Å². The highest BCUT2D eigenvalue weighted by atomic mass is 16.4. The average Bonchev–Trinajstić information content (AvgIpc) is 2.78.